The number of aromatic nitrogens is 1. The standard InChI is InChI=1S/C11H9ClN2O2S/c1-16-8-4-9(17-6-8)11(15)14-7-2-3-10(12)13-5-7/h2-6H,1H3,(H,14,15). The predicted octanol–water partition coefficient (Wildman–Crippen LogP) is 3.06. The molecule has 0 atom stereocenters. The molecule has 0 aliphatic rings. The second-order valence-electron chi connectivity index (χ2n) is 3.17. The number of carbonyl (C=O) groups excluding carboxylic acids is 1. The SMILES string of the molecule is COc1csc(C(=O)Nc2ccc(Cl)nc2)c1. The van der Waals surface area contributed by atoms with Gasteiger partial charge in [0, 0.05) is 11.4 Å². The van der Waals surface area contributed by atoms with Crippen LogP contribution in [0, 0.1) is 0 Å². The van der Waals surface area contributed by atoms with Gasteiger partial charge in [0.25, 0.3) is 5.91 Å². The highest BCUT2D eigenvalue weighted by atomic mass is 35.5. The van der Waals surface area contributed by atoms with Gasteiger partial charge >= 0.3 is 0 Å². The van der Waals surface area contributed by atoms with Crippen molar-refractivity contribution < 1.29 is 9.53 Å². The van der Waals surface area contributed by atoms with Gasteiger partial charge in [0.15, 0.2) is 0 Å². The Bertz CT molecular complexity index is 525. The smallest absolute Gasteiger partial charge is 0.265 e. The quantitative estimate of drug-likeness (QED) is 0.871. The molecule has 0 aliphatic carbocycles. The zero-order chi connectivity index (χ0) is 12.3. The third-order valence-electron chi connectivity index (χ3n) is 2.02. The first-order valence-corrected chi connectivity index (χ1v) is 6.00. The Hall–Kier alpha value is -1.59. The lowest BCUT2D eigenvalue weighted by atomic mass is 10.4. The number of thiophene rings is 1. The highest BCUT2D eigenvalue weighted by Gasteiger charge is 2.09. The van der Waals surface area contributed by atoms with Gasteiger partial charge in [0.2, 0.25) is 0 Å². The summed E-state index contributed by atoms with van der Waals surface area (Å²) in [5.74, 6) is 0.483. The number of pyridine rings is 1. The number of halogens is 1. The molecular weight excluding hydrogens is 260 g/mol. The maximum Gasteiger partial charge on any atom is 0.265 e. The first-order valence-electron chi connectivity index (χ1n) is 4.74. The number of ether oxygens (including phenoxy) is 1. The van der Waals surface area contributed by atoms with Gasteiger partial charge in [-0.3, -0.25) is 4.79 Å². The van der Waals surface area contributed by atoms with Gasteiger partial charge in [0.1, 0.15) is 10.9 Å². The monoisotopic (exact) mass is 268 g/mol. The van der Waals surface area contributed by atoms with Crippen molar-refractivity contribution >= 4 is 34.5 Å². The third-order valence-corrected chi connectivity index (χ3v) is 3.15. The molecule has 0 saturated carbocycles. The van der Waals surface area contributed by atoms with Crippen LogP contribution in [0.15, 0.2) is 29.8 Å². The fraction of sp³-hybridized carbons (Fsp3) is 0.0909. The van der Waals surface area contributed by atoms with E-state index in [0.717, 1.165) is 0 Å². The van der Waals surface area contributed by atoms with E-state index >= 15 is 0 Å². The van der Waals surface area contributed by atoms with Crippen LogP contribution in [0.1, 0.15) is 9.67 Å². The summed E-state index contributed by atoms with van der Waals surface area (Å²) in [6.07, 6.45) is 1.51. The van der Waals surface area contributed by atoms with Crippen molar-refractivity contribution in [3.63, 3.8) is 0 Å². The number of rotatable bonds is 3. The number of methoxy groups -OCH3 is 1. The van der Waals surface area contributed by atoms with E-state index in [1.807, 2.05) is 0 Å². The number of amides is 1. The van der Waals surface area contributed by atoms with Crippen molar-refractivity contribution in [3.05, 3.63) is 39.8 Å². The molecule has 0 unspecified atom stereocenters. The lowest BCUT2D eigenvalue weighted by Crippen LogP contribution is -2.10. The average molecular weight is 269 g/mol. The number of anilines is 1. The minimum absolute atomic E-state index is 0.192. The van der Waals surface area contributed by atoms with Gasteiger partial charge in [-0.25, -0.2) is 4.98 Å². The molecule has 6 heteroatoms. The number of nitrogens with one attached hydrogen (secondary N) is 1. The van der Waals surface area contributed by atoms with Crippen LogP contribution in [0.2, 0.25) is 5.15 Å². The Kier molecular flexibility index (Phi) is 3.61. The summed E-state index contributed by atoms with van der Waals surface area (Å²) in [6.45, 7) is 0. The first-order chi connectivity index (χ1) is 8.19. The first kappa shape index (κ1) is 11.9. The Balaban J connectivity index is 2.08. The van der Waals surface area contributed by atoms with Crippen LogP contribution < -0.4 is 10.1 Å². The molecule has 1 amide bonds. The van der Waals surface area contributed by atoms with Crippen molar-refractivity contribution in [1.29, 1.82) is 0 Å². The maximum absolute atomic E-state index is 11.8. The van der Waals surface area contributed by atoms with Crippen molar-refractivity contribution in [2.45, 2.75) is 0 Å². The van der Waals surface area contributed by atoms with Crippen LogP contribution in [0.25, 0.3) is 0 Å². The highest BCUT2D eigenvalue weighted by molar-refractivity contribution is 7.12. The largest absolute Gasteiger partial charge is 0.496 e. The van der Waals surface area contributed by atoms with Crippen LogP contribution in [0.4, 0.5) is 5.69 Å². The summed E-state index contributed by atoms with van der Waals surface area (Å²) < 4.78 is 5.01. The molecule has 2 heterocycles. The minimum atomic E-state index is -0.192. The van der Waals surface area contributed by atoms with Crippen molar-refractivity contribution in [2.24, 2.45) is 0 Å². The van der Waals surface area contributed by atoms with Gasteiger partial charge in [-0.1, -0.05) is 11.6 Å². The second kappa shape index (κ2) is 5.16. The van der Waals surface area contributed by atoms with Gasteiger partial charge < -0.3 is 10.1 Å². The normalized spacial score (nSPS) is 10.0. The van der Waals surface area contributed by atoms with E-state index in [1.165, 1.54) is 17.5 Å². The Labute approximate surface area is 107 Å². The molecule has 0 aromatic carbocycles. The van der Waals surface area contributed by atoms with E-state index < -0.39 is 0 Å². The molecule has 1 N–H and O–H groups in total. The van der Waals surface area contributed by atoms with Crippen LogP contribution in [-0.2, 0) is 0 Å². The van der Waals surface area contributed by atoms with Gasteiger partial charge in [-0.2, -0.15) is 0 Å². The van der Waals surface area contributed by atoms with Crippen molar-refractivity contribution in [2.75, 3.05) is 12.4 Å². The van der Waals surface area contributed by atoms with Crippen LogP contribution in [0.3, 0.4) is 0 Å². The van der Waals surface area contributed by atoms with Crippen LogP contribution in [0.5, 0.6) is 5.75 Å². The molecular formula is C11H9ClN2O2S. The zero-order valence-electron chi connectivity index (χ0n) is 8.94. The minimum Gasteiger partial charge on any atom is -0.496 e. The van der Waals surface area contributed by atoms with Crippen LogP contribution in [-0.4, -0.2) is 18.0 Å². The lowest BCUT2D eigenvalue weighted by molar-refractivity contribution is 0.103. The number of carbonyl (C=O) groups is 1. The predicted molar refractivity (Wildman–Crippen MR) is 68.1 cm³/mol. The summed E-state index contributed by atoms with van der Waals surface area (Å²) in [5, 5.41) is 4.88. The number of hydrogen-bond donors (Lipinski definition) is 1. The molecule has 2 rings (SSSR count). The van der Waals surface area contributed by atoms with E-state index in [-0.39, 0.29) is 5.91 Å². The maximum atomic E-state index is 11.8. The molecule has 17 heavy (non-hydrogen) atoms. The van der Waals surface area contributed by atoms with E-state index in [9.17, 15) is 4.79 Å². The van der Waals surface area contributed by atoms with Gasteiger partial charge in [0.05, 0.1) is 23.9 Å². The van der Waals surface area contributed by atoms with E-state index in [2.05, 4.69) is 10.3 Å². The number of nitrogens with zero attached hydrogens (tertiary/aromatic N) is 1. The third kappa shape index (κ3) is 2.95. The summed E-state index contributed by atoms with van der Waals surface area (Å²) in [6, 6.07) is 4.99. The molecule has 2 aromatic rings. The molecule has 0 bridgehead atoms. The van der Waals surface area contributed by atoms with Crippen molar-refractivity contribution in [3.8, 4) is 5.75 Å². The summed E-state index contributed by atoms with van der Waals surface area (Å²) in [5.41, 5.74) is 0.603. The lowest BCUT2D eigenvalue weighted by Gasteiger charge is -2.02. The van der Waals surface area contributed by atoms with Gasteiger partial charge in [-0.05, 0) is 12.1 Å². The molecule has 0 spiro atoms. The van der Waals surface area contributed by atoms with E-state index in [4.69, 9.17) is 16.3 Å². The topological polar surface area (TPSA) is 51.2 Å². The summed E-state index contributed by atoms with van der Waals surface area (Å²) in [7, 11) is 1.56. The number of hydrogen-bond acceptors (Lipinski definition) is 4. The van der Waals surface area contributed by atoms with E-state index in [1.54, 1.807) is 30.7 Å². The average Bonchev–Trinajstić information content (AvgIpc) is 2.81. The molecule has 0 radical (unpaired) electrons. The highest BCUT2D eigenvalue weighted by Crippen LogP contribution is 2.22. The zero-order valence-corrected chi connectivity index (χ0v) is 10.5. The fourth-order valence-corrected chi connectivity index (χ4v) is 2.05. The van der Waals surface area contributed by atoms with Crippen LogP contribution >= 0.6 is 22.9 Å². The molecule has 88 valence electrons. The summed E-state index contributed by atoms with van der Waals surface area (Å²) >= 11 is 6.97. The molecule has 2 aromatic heterocycles. The molecule has 4 nitrogen and oxygen atoms in total. The summed E-state index contributed by atoms with van der Waals surface area (Å²) in [4.78, 5) is 16.3. The molecule has 0 fully saturated rings. The van der Waals surface area contributed by atoms with Crippen molar-refractivity contribution in [1.82, 2.24) is 4.98 Å². The van der Waals surface area contributed by atoms with Gasteiger partial charge in [-0.15, -0.1) is 11.3 Å². The Morgan fingerprint density at radius 1 is 1.53 bits per heavy atom. The second-order valence-corrected chi connectivity index (χ2v) is 4.47. The Morgan fingerprint density at radius 3 is 2.94 bits per heavy atom. The van der Waals surface area contributed by atoms with E-state index in [0.29, 0.717) is 21.5 Å². The fourth-order valence-electron chi connectivity index (χ4n) is 1.19. The molecule has 0 saturated heterocycles. The Morgan fingerprint density at radius 2 is 2.35 bits per heavy atom. The molecule has 0 aliphatic heterocycles.